The van der Waals surface area contributed by atoms with Crippen LogP contribution in [-0.4, -0.2) is 5.33 Å². The lowest BCUT2D eigenvalue weighted by Crippen LogP contribution is -1.87. The molecule has 0 aliphatic rings. The maximum Gasteiger partial charge on any atom is 0.159 e. The maximum absolute atomic E-state index is 12.9. The molecule has 0 heterocycles. The zero-order chi connectivity index (χ0) is 10.6. The van der Waals surface area contributed by atoms with Crippen LogP contribution in [0.4, 0.5) is 8.78 Å². The Morgan fingerprint density at radius 1 is 1.36 bits per heavy atom. The van der Waals surface area contributed by atoms with Crippen LogP contribution in [0.5, 0.6) is 0 Å². The molecule has 0 bridgehead atoms. The van der Waals surface area contributed by atoms with E-state index in [2.05, 4.69) is 15.9 Å². The first-order valence-electron chi connectivity index (χ1n) is 4.33. The molecule has 1 aromatic carbocycles. The van der Waals surface area contributed by atoms with Gasteiger partial charge < -0.3 is 0 Å². The summed E-state index contributed by atoms with van der Waals surface area (Å²) in [5, 5.41) is 0.869. The Balaban J connectivity index is 2.91. The molecule has 0 aliphatic carbocycles. The zero-order valence-corrected chi connectivity index (χ0v) is 9.44. The third-order valence-electron chi connectivity index (χ3n) is 1.93. The van der Waals surface area contributed by atoms with Gasteiger partial charge in [0.2, 0.25) is 0 Å². The number of hydrogen-bond donors (Lipinski definition) is 0. The third kappa shape index (κ3) is 2.91. The fraction of sp³-hybridized carbons (Fsp3) is 0.273. The SMILES string of the molecule is CC(=CCCBr)c1ccc(F)c(F)c1. The molecule has 0 amide bonds. The standard InChI is InChI=1S/C11H11BrF2/c1-8(3-2-6-12)9-4-5-10(13)11(14)7-9/h3-5,7H,2,6H2,1H3. The molecule has 3 heteroatoms. The number of alkyl halides is 1. The molecular formula is C11H11BrF2. The van der Waals surface area contributed by atoms with Crippen LogP contribution in [-0.2, 0) is 0 Å². The second kappa shape index (κ2) is 5.25. The molecule has 0 aliphatic heterocycles. The predicted octanol–water partition coefficient (Wildman–Crippen LogP) is 4.15. The Morgan fingerprint density at radius 2 is 2.07 bits per heavy atom. The molecule has 76 valence electrons. The van der Waals surface area contributed by atoms with Crippen molar-refractivity contribution in [3.8, 4) is 0 Å². The second-order valence-electron chi connectivity index (χ2n) is 2.99. The highest BCUT2D eigenvalue weighted by atomic mass is 79.9. The summed E-state index contributed by atoms with van der Waals surface area (Å²) in [6, 6.07) is 3.95. The monoisotopic (exact) mass is 260 g/mol. The van der Waals surface area contributed by atoms with Gasteiger partial charge in [-0.25, -0.2) is 8.78 Å². The van der Waals surface area contributed by atoms with Crippen molar-refractivity contribution in [2.45, 2.75) is 13.3 Å². The van der Waals surface area contributed by atoms with Crippen LogP contribution in [0.3, 0.4) is 0 Å². The maximum atomic E-state index is 12.9. The van der Waals surface area contributed by atoms with Gasteiger partial charge in [-0.15, -0.1) is 0 Å². The van der Waals surface area contributed by atoms with E-state index in [0.29, 0.717) is 0 Å². The predicted molar refractivity (Wildman–Crippen MR) is 58.4 cm³/mol. The van der Waals surface area contributed by atoms with E-state index in [0.717, 1.165) is 29.0 Å². The lowest BCUT2D eigenvalue weighted by molar-refractivity contribution is 0.508. The minimum absolute atomic E-state index is 0.727. The summed E-state index contributed by atoms with van der Waals surface area (Å²) in [5.41, 5.74) is 1.69. The van der Waals surface area contributed by atoms with Gasteiger partial charge in [-0.1, -0.05) is 28.1 Å². The first-order valence-corrected chi connectivity index (χ1v) is 5.45. The van der Waals surface area contributed by atoms with Gasteiger partial charge in [0.05, 0.1) is 0 Å². The number of benzene rings is 1. The molecule has 0 N–H and O–H groups in total. The van der Waals surface area contributed by atoms with Crippen molar-refractivity contribution in [3.63, 3.8) is 0 Å². The third-order valence-corrected chi connectivity index (χ3v) is 2.39. The Kier molecular flexibility index (Phi) is 4.26. The van der Waals surface area contributed by atoms with Gasteiger partial charge in [-0.3, -0.25) is 0 Å². The van der Waals surface area contributed by atoms with E-state index in [9.17, 15) is 8.78 Å². The van der Waals surface area contributed by atoms with Gasteiger partial charge in [0, 0.05) is 5.33 Å². The number of allylic oxidation sites excluding steroid dienone is 2. The van der Waals surface area contributed by atoms with Crippen LogP contribution in [0.15, 0.2) is 24.3 Å². The summed E-state index contributed by atoms with van der Waals surface area (Å²) in [6.45, 7) is 1.88. The van der Waals surface area contributed by atoms with Crippen molar-refractivity contribution >= 4 is 21.5 Å². The number of rotatable bonds is 3. The first-order chi connectivity index (χ1) is 6.65. The molecule has 0 saturated heterocycles. The van der Waals surface area contributed by atoms with Crippen LogP contribution >= 0.6 is 15.9 Å². The molecule has 0 atom stereocenters. The smallest absolute Gasteiger partial charge is 0.159 e. The summed E-state index contributed by atoms with van der Waals surface area (Å²) < 4.78 is 25.5. The molecule has 0 unspecified atom stereocenters. The van der Waals surface area contributed by atoms with Gasteiger partial charge in [0.25, 0.3) is 0 Å². The Bertz CT molecular complexity index is 345. The lowest BCUT2D eigenvalue weighted by Gasteiger charge is -2.01. The Hall–Kier alpha value is -0.700. The normalized spacial score (nSPS) is 11.9. The first kappa shape index (κ1) is 11.4. The second-order valence-corrected chi connectivity index (χ2v) is 3.79. The fourth-order valence-corrected chi connectivity index (χ4v) is 1.36. The average molecular weight is 261 g/mol. The molecule has 0 saturated carbocycles. The molecule has 14 heavy (non-hydrogen) atoms. The summed E-state index contributed by atoms with van der Waals surface area (Å²) >= 11 is 3.30. The van der Waals surface area contributed by atoms with E-state index in [1.54, 1.807) is 6.07 Å². The molecule has 0 nitrogen and oxygen atoms in total. The van der Waals surface area contributed by atoms with E-state index in [1.165, 1.54) is 6.07 Å². The van der Waals surface area contributed by atoms with Gasteiger partial charge in [0.15, 0.2) is 11.6 Å². The van der Waals surface area contributed by atoms with Crippen LogP contribution in [0.25, 0.3) is 5.57 Å². The van der Waals surface area contributed by atoms with Crippen LogP contribution in [0, 0.1) is 11.6 Å². The lowest BCUT2D eigenvalue weighted by atomic mass is 10.1. The van der Waals surface area contributed by atoms with E-state index < -0.39 is 11.6 Å². The van der Waals surface area contributed by atoms with Crippen molar-refractivity contribution in [2.75, 3.05) is 5.33 Å². The van der Waals surface area contributed by atoms with Crippen molar-refractivity contribution in [1.82, 2.24) is 0 Å². The van der Waals surface area contributed by atoms with Gasteiger partial charge in [-0.05, 0) is 36.6 Å². The molecular weight excluding hydrogens is 250 g/mol. The fourth-order valence-electron chi connectivity index (χ4n) is 1.13. The van der Waals surface area contributed by atoms with Gasteiger partial charge >= 0.3 is 0 Å². The van der Waals surface area contributed by atoms with Crippen LogP contribution in [0.2, 0.25) is 0 Å². The van der Waals surface area contributed by atoms with Gasteiger partial charge in [-0.2, -0.15) is 0 Å². The highest BCUT2D eigenvalue weighted by molar-refractivity contribution is 9.09. The largest absolute Gasteiger partial charge is 0.204 e. The Morgan fingerprint density at radius 3 is 2.64 bits per heavy atom. The zero-order valence-electron chi connectivity index (χ0n) is 7.86. The number of halogens is 3. The summed E-state index contributed by atoms with van der Waals surface area (Å²) in [5.74, 6) is -1.60. The summed E-state index contributed by atoms with van der Waals surface area (Å²) in [6.07, 6.45) is 2.87. The molecule has 0 radical (unpaired) electrons. The minimum Gasteiger partial charge on any atom is -0.204 e. The highest BCUT2D eigenvalue weighted by Crippen LogP contribution is 2.17. The Labute approximate surface area is 90.8 Å². The quantitative estimate of drug-likeness (QED) is 0.717. The van der Waals surface area contributed by atoms with E-state index in [-0.39, 0.29) is 0 Å². The summed E-state index contributed by atoms with van der Waals surface area (Å²) in [7, 11) is 0. The highest BCUT2D eigenvalue weighted by Gasteiger charge is 2.02. The van der Waals surface area contributed by atoms with Crippen molar-refractivity contribution < 1.29 is 8.78 Å². The molecule has 0 fully saturated rings. The van der Waals surface area contributed by atoms with E-state index in [4.69, 9.17) is 0 Å². The van der Waals surface area contributed by atoms with Crippen molar-refractivity contribution in [3.05, 3.63) is 41.5 Å². The topological polar surface area (TPSA) is 0 Å². The van der Waals surface area contributed by atoms with Crippen LogP contribution in [0.1, 0.15) is 18.9 Å². The van der Waals surface area contributed by atoms with Crippen molar-refractivity contribution in [2.24, 2.45) is 0 Å². The average Bonchev–Trinajstić information content (AvgIpc) is 2.18. The molecule has 0 aromatic heterocycles. The molecule has 1 rings (SSSR count). The van der Waals surface area contributed by atoms with Gasteiger partial charge in [0.1, 0.15) is 0 Å². The summed E-state index contributed by atoms with van der Waals surface area (Å²) in [4.78, 5) is 0. The number of hydrogen-bond acceptors (Lipinski definition) is 0. The molecule has 1 aromatic rings. The minimum atomic E-state index is -0.804. The molecule has 0 spiro atoms. The van der Waals surface area contributed by atoms with Crippen LogP contribution < -0.4 is 0 Å². The van der Waals surface area contributed by atoms with E-state index >= 15 is 0 Å². The van der Waals surface area contributed by atoms with E-state index in [1.807, 2.05) is 13.0 Å². The van der Waals surface area contributed by atoms with Crippen molar-refractivity contribution in [1.29, 1.82) is 0 Å².